The summed E-state index contributed by atoms with van der Waals surface area (Å²) in [5.74, 6) is -0.288. The highest BCUT2D eigenvalue weighted by Crippen LogP contribution is 2.38. The zero-order valence-electron chi connectivity index (χ0n) is 33.2. The number of phosphoric acid groups is 1. The second kappa shape index (κ2) is 32.8. The van der Waals surface area contributed by atoms with Crippen molar-refractivity contribution in [3.05, 3.63) is 12.2 Å². The topological polar surface area (TPSA) is 128 Å². The summed E-state index contributed by atoms with van der Waals surface area (Å²) in [6.45, 7) is 4.40. The van der Waals surface area contributed by atoms with Gasteiger partial charge in [0.05, 0.1) is 39.9 Å². The number of quaternary nitrogens is 1. The quantitative estimate of drug-likeness (QED) is 0.0252. The molecule has 10 heteroatoms. The molecule has 0 spiro atoms. The molecule has 0 heterocycles. The lowest BCUT2D eigenvalue weighted by Gasteiger charge is -2.31. The van der Waals surface area contributed by atoms with Gasteiger partial charge < -0.3 is 34.0 Å². The minimum Gasteiger partial charge on any atom is -0.756 e. The molecule has 0 saturated carbocycles. The summed E-state index contributed by atoms with van der Waals surface area (Å²) in [6, 6.07) is -1.07. The van der Waals surface area contributed by atoms with Gasteiger partial charge in [-0.3, -0.25) is 9.36 Å². The van der Waals surface area contributed by atoms with Crippen molar-refractivity contribution < 1.29 is 38.0 Å². The van der Waals surface area contributed by atoms with Crippen molar-refractivity contribution in [1.29, 1.82) is 0 Å². The van der Waals surface area contributed by atoms with E-state index in [2.05, 4.69) is 31.3 Å². The van der Waals surface area contributed by atoms with Crippen LogP contribution in [0.3, 0.4) is 0 Å². The molecule has 4 atom stereocenters. The number of aliphatic hydroxyl groups excluding tert-OH is 2. The highest BCUT2D eigenvalue weighted by molar-refractivity contribution is 7.45. The van der Waals surface area contributed by atoms with Crippen LogP contribution < -0.4 is 10.2 Å². The van der Waals surface area contributed by atoms with Crippen molar-refractivity contribution in [3.63, 3.8) is 0 Å². The maximum absolute atomic E-state index is 12.8. The molecule has 9 nitrogen and oxygen atoms in total. The van der Waals surface area contributed by atoms with Crippen molar-refractivity contribution in [2.75, 3.05) is 40.9 Å². The van der Waals surface area contributed by atoms with Crippen LogP contribution in [0.15, 0.2) is 12.2 Å². The number of hydrogen-bond acceptors (Lipinski definition) is 7. The number of hydrogen-bond donors (Lipinski definition) is 3. The fourth-order valence-corrected chi connectivity index (χ4v) is 6.68. The molecule has 0 aromatic rings. The minimum atomic E-state index is -4.66. The molecule has 0 aliphatic heterocycles. The van der Waals surface area contributed by atoms with Gasteiger partial charge in [0.1, 0.15) is 19.3 Å². The Morgan fingerprint density at radius 1 is 0.700 bits per heavy atom. The smallest absolute Gasteiger partial charge is 0.268 e. The first kappa shape index (κ1) is 49.2. The van der Waals surface area contributed by atoms with Crippen LogP contribution in [-0.2, 0) is 18.4 Å². The number of nitrogens with zero attached hydrogens (tertiary/aromatic N) is 1. The predicted octanol–water partition coefficient (Wildman–Crippen LogP) is 9.14. The zero-order chi connectivity index (χ0) is 37.4. The maximum atomic E-state index is 12.8. The number of rotatable bonds is 37. The van der Waals surface area contributed by atoms with Crippen molar-refractivity contribution >= 4 is 13.7 Å². The number of phosphoric ester groups is 1. The number of likely N-dealkylation sites (N-methyl/N-ethyl adjacent to an activating group) is 1. The third-order valence-corrected chi connectivity index (χ3v) is 10.3. The molecule has 0 saturated heterocycles. The van der Waals surface area contributed by atoms with E-state index in [1.54, 1.807) is 0 Å². The van der Waals surface area contributed by atoms with E-state index in [-0.39, 0.29) is 18.9 Å². The van der Waals surface area contributed by atoms with E-state index in [9.17, 15) is 24.5 Å². The molecule has 298 valence electrons. The van der Waals surface area contributed by atoms with Gasteiger partial charge in [0.25, 0.3) is 7.82 Å². The second-order valence-electron chi connectivity index (χ2n) is 15.5. The molecular weight excluding hydrogens is 651 g/mol. The molecule has 0 aromatic carbocycles. The fraction of sp³-hybridized carbons (Fsp3) is 0.925. The summed E-state index contributed by atoms with van der Waals surface area (Å²) in [7, 11) is 1.12. The first-order valence-electron chi connectivity index (χ1n) is 20.6. The summed E-state index contributed by atoms with van der Waals surface area (Å²) in [5.41, 5.74) is 0. The van der Waals surface area contributed by atoms with Gasteiger partial charge in [-0.15, -0.1) is 0 Å². The van der Waals surface area contributed by atoms with E-state index in [0.29, 0.717) is 23.9 Å². The number of nitrogens with one attached hydrogen (secondary N) is 1. The van der Waals surface area contributed by atoms with E-state index in [1.807, 2.05) is 21.1 Å². The zero-order valence-corrected chi connectivity index (χ0v) is 34.1. The van der Waals surface area contributed by atoms with Crippen LogP contribution in [0.4, 0.5) is 0 Å². The molecule has 50 heavy (non-hydrogen) atoms. The summed E-state index contributed by atoms with van der Waals surface area (Å²) >= 11 is 0. The molecule has 0 fully saturated rings. The second-order valence-corrected chi connectivity index (χ2v) is 16.9. The number of amides is 1. The molecule has 3 N–H and O–H groups in total. The predicted molar refractivity (Wildman–Crippen MR) is 207 cm³/mol. The third kappa shape index (κ3) is 33.1. The SMILES string of the molecule is CCCCCCC/C=C\CCCCCCCC(=O)NC(COP(=O)([O-])OCC[N+](C)(C)C)C(O)C(O)CCCCCCCCCCCCCC. The van der Waals surface area contributed by atoms with Crippen LogP contribution in [0.25, 0.3) is 0 Å². The van der Waals surface area contributed by atoms with E-state index in [0.717, 1.165) is 51.4 Å². The molecule has 1 amide bonds. The molecule has 0 aliphatic rings. The van der Waals surface area contributed by atoms with Gasteiger partial charge in [0.15, 0.2) is 0 Å². The standard InChI is InChI=1S/C40H81N2O7P/c1-6-8-10-12-14-16-18-20-21-23-25-27-29-31-33-39(44)41-37(36-49-50(46,47)48-35-34-42(3,4)5)40(45)38(43)32-30-28-26-24-22-19-17-15-13-11-9-7-2/h18,20,37-38,40,43,45H,6-17,19,21-36H2,1-5H3,(H-,41,44,46,47)/b20-18-. The number of carbonyl (C=O) groups is 1. The Kier molecular flexibility index (Phi) is 32.3. The largest absolute Gasteiger partial charge is 0.756 e. The Bertz CT molecular complexity index is 852. The minimum absolute atomic E-state index is 0.0408. The lowest BCUT2D eigenvalue weighted by atomic mass is 9.99. The number of aliphatic hydroxyl groups is 2. The summed E-state index contributed by atoms with van der Waals surface area (Å²) in [4.78, 5) is 25.3. The molecule has 0 radical (unpaired) electrons. The van der Waals surface area contributed by atoms with E-state index in [4.69, 9.17) is 9.05 Å². The normalized spacial score (nSPS) is 15.3. The van der Waals surface area contributed by atoms with Gasteiger partial charge in [-0.1, -0.05) is 148 Å². The maximum Gasteiger partial charge on any atom is 0.268 e. The van der Waals surface area contributed by atoms with Gasteiger partial charge in [0, 0.05) is 6.42 Å². The van der Waals surface area contributed by atoms with Crippen LogP contribution in [0.5, 0.6) is 0 Å². The average Bonchev–Trinajstić information content (AvgIpc) is 3.06. The lowest BCUT2D eigenvalue weighted by molar-refractivity contribution is -0.870. The van der Waals surface area contributed by atoms with Crippen molar-refractivity contribution in [2.45, 2.75) is 199 Å². The van der Waals surface area contributed by atoms with Gasteiger partial charge >= 0.3 is 0 Å². The molecule has 0 bridgehead atoms. The molecule has 0 aliphatic carbocycles. The Labute approximate surface area is 308 Å². The molecule has 0 rings (SSSR count). The van der Waals surface area contributed by atoms with Crippen LogP contribution in [-0.4, -0.2) is 79.8 Å². The Morgan fingerprint density at radius 2 is 1.14 bits per heavy atom. The Morgan fingerprint density at radius 3 is 1.62 bits per heavy atom. The number of carbonyl (C=O) groups excluding carboxylic acids is 1. The third-order valence-electron chi connectivity index (χ3n) is 9.35. The van der Waals surface area contributed by atoms with Crippen molar-refractivity contribution in [3.8, 4) is 0 Å². The molecule has 0 aromatic heterocycles. The summed E-state index contributed by atoms with van der Waals surface area (Å²) in [5, 5.41) is 24.5. The number of unbranched alkanes of at least 4 members (excludes halogenated alkanes) is 21. The highest BCUT2D eigenvalue weighted by atomic mass is 31.2. The van der Waals surface area contributed by atoms with E-state index >= 15 is 0 Å². The fourth-order valence-electron chi connectivity index (χ4n) is 5.95. The average molecular weight is 733 g/mol. The van der Waals surface area contributed by atoms with Crippen LogP contribution in [0, 0.1) is 0 Å². The van der Waals surface area contributed by atoms with Gasteiger partial charge in [-0.05, 0) is 38.5 Å². The molecular formula is C40H81N2O7P. The summed E-state index contributed by atoms with van der Waals surface area (Å²) < 4.78 is 23.1. The van der Waals surface area contributed by atoms with E-state index < -0.39 is 32.7 Å². The monoisotopic (exact) mass is 733 g/mol. The highest BCUT2D eigenvalue weighted by Gasteiger charge is 2.29. The van der Waals surface area contributed by atoms with Gasteiger partial charge in [-0.25, -0.2) is 0 Å². The van der Waals surface area contributed by atoms with Gasteiger partial charge in [-0.2, -0.15) is 0 Å². The Hall–Kier alpha value is -0.800. The first-order chi connectivity index (χ1) is 23.9. The van der Waals surface area contributed by atoms with Crippen LogP contribution in [0.1, 0.15) is 181 Å². The lowest BCUT2D eigenvalue weighted by Crippen LogP contribution is -2.51. The molecule has 4 unspecified atom stereocenters. The Balaban J connectivity index is 4.58. The van der Waals surface area contributed by atoms with Crippen molar-refractivity contribution in [2.24, 2.45) is 0 Å². The van der Waals surface area contributed by atoms with E-state index in [1.165, 1.54) is 96.3 Å². The van der Waals surface area contributed by atoms with Crippen molar-refractivity contribution in [1.82, 2.24) is 5.32 Å². The van der Waals surface area contributed by atoms with Gasteiger partial charge in [0.2, 0.25) is 5.91 Å². The van der Waals surface area contributed by atoms with Crippen LogP contribution in [0.2, 0.25) is 0 Å². The number of allylic oxidation sites excluding steroid dienone is 2. The van der Waals surface area contributed by atoms with Crippen LogP contribution >= 0.6 is 7.82 Å². The summed E-state index contributed by atoms with van der Waals surface area (Å²) in [6.07, 6.45) is 31.0. The first-order valence-corrected chi connectivity index (χ1v) is 22.1.